The number of ether oxygens (including phenoxy) is 1. The highest BCUT2D eigenvalue weighted by molar-refractivity contribution is 5.81. The van der Waals surface area contributed by atoms with Crippen molar-refractivity contribution in [3.8, 4) is 11.1 Å². The van der Waals surface area contributed by atoms with Crippen LogP contribution in [0.5, 0.6) is 0 Å². The van der Waals surface area contributed by atoms with E-state index >= 15 is 0 Å². The van der Waals surface area contributed by atoms with Gasteiger partial charge in [0.15, 0.2) is 5.90 Å². The molecule has 2 aromatic rings. The van der Waals surface area contributed by atoms with E-state index in [2.05, 4.69) is 40.2 Å². The highest BCUT2D eigenvalue weighted by Gasteiger charge is 2.51. The number of pyridine rings is 1. The molecule has 1 aromatic heterocycles. The summed E-state index contributed by atoms with van der Waals surface area (Å²) >= 11 is 0. The van der Waals surface area contributed by atoms with Crippen LogP contribution in [0, 0.1) is 5.92 Å². The predicted molar refractivity (Wildman–Crippen MR) is 98.7 cm³/mol. The molecule has 6 rings (SSSR count). The molecule has 3 fully saturated rings. The Labute approximate surface area is 148 Å². The van der Waals surface area contributed by atoms with Crippen molar-refractivity contribution in [2.45, 2.75) is 24.9 Å². The Morgan fingerprint density at radius 3 is 2.68 bits per heavy atom. The molecule has 4 heteroatoms. The van der Waals surface area contributed by atoms with Crippen LogP contribution in [0.25, 0.3) is 11.1 Å². The number of hydrogen-bond acceptors (Lipinski definition) is 4. The molecule has 0 aliphatic carbocycles. The minimum atomic E-state index is -0.0453. The topological polar surface area (TPSA) is 37.7 Å². The van der Waals surface area contributed by atoms with Crippen LogP contribution in [-0.4, -0.2) is 47.6 Å². The van der Waals surface area contributed by atoms with E-state index in [0.29, 0.717) is 5.92 Å². The fraction of sp³-hybridized carbons (Fsp3) is 0.429. The van der Waals surface area contributed by atoms with Gasteiger partial charge < -0.3 is 4.74 Å². The Morgan fingerprint density at radius 2 is 1.92 bits per heavy atom. The standard InChI is InChI=1S/C21H23N3O/c1-2-4-17(5-3-1)18-10-16(12-22-13-18)11-20-23-14-21(25-20)15-24-8-6-19(21)7-9-24/h1-5,10,12-13,19H,6-9,11,14-15H2/t21-/m0/s1. The Kier molecular flexibility index (Phi) is 3.59. The maximum Gasteiger partial charge on any atom is 0.188 e. The first-order chi connectivity index (χ1) is 12.3. The first-order valence-electron chi connectivity index (χ1n) is 9.25. The number of aliphatic imine (C=N–C) groups is 1. The number of fused-ring (bicyclic) bond motifs is 2. The van der Waals surface area contributed by atoms with Crippen LogP contribution >= 0.6 is 0 Å². The van der Waals surface area contributed by atoms with Gasteiger partial charge in [0, 0.05) is 30.4 Å². The van der Waals surface area contributed by atoms with Crippen LogP contribution < -0.4 is 0 Å². The van der Waals surface area contributed by atoms with Gasteiger partial charge in [0.25, 0.3) is 0 Å². The largest absolute Gasteiger partial charge is 0.471 e. The second kappa shape index (κ2) is 5.95. The van der Waals surface area contributed by atoms with Gasteiger partial charge in [-0.2, -0.15) is 0 Å². The minimum absolute atomic E-state index is 0.0453. The van der Waals surface area contributed by atoms with Gasteiger partial charge in [-0.15, -0.1) is 0 Å². The second-order valence-corrected chi connectivity index (χ2v) is 7.55. The third-order valence-corrected chi connectivity index (χ3v) is 5.92. The Bertz CT molecular complexity index is 796. The molecule has 4 aliphatic heterocycles. The smallest absolute Gasteiger partial charge is 0.188 e. The summed E-state index contributed by atoms with van der Waals surface area (Å²) in [6.07, 6.45) is 7.11. The molecule has 1 atom stereocenters. The van der Waals surface area contributed by atoms with E-state index in [1.807, 2.05) is 18.5 Å². The van der Waals surface area contributed by atoms with Crippen LogP contribution in [0.2, 0.25) is 0 Å². The molecule has 0 radical (unpaired) electrons. The average molecular weight is 333 g/mol. The third-order valence-electron chi connectivity index (χ3n) is 5.92. The first kappa shape index (κ1) is 15.1. The summed E-state index contributed by atoms with van der Waals surface area (Å²) in [5, 5.41) is 0. The minimum Gasteiger partial charge on any atom is -0.471 e. The predicted octanol–water partition coefficient (Wildman–Crippen LogP) is 3.18. The molecule has 1 aromatic carbocycles. The number of rotatable bonds is 3. The lowest BCUT2D eigenvalue weighted by atomic mass is 9.75. The highest BCUT2D eigenvalue weighted by Crippen LogP contribution is 2.41. The molecule has 2 bridgehead atoms. The van der Waals surface area contributed by atoms with Crippen molar-refractivity contribution in [3.63, 3.8) is 0 Å². The molecule has 3 saturated heterocycles. The summed E-state index contributed by atoms with van der Waals surface area (Å²) in [6.45, 7) is 4.34. The molecule has 128 valence electrons. The molecular weight excluding hydrogens is 310 g/mol. The number of benzene rings is 1. The van der Waals surface area contributed by atoms with Gasteiger partial charge in [0.2, 0.25) is 0 Å². The van der Waals surface area contributed by atoms with Gasteiger partial charge in [0.05, 0.1) is 13.0 Å². The average Bonchev–Trinajstić information content (AvgIpc) is 3.05. The van der Waals surface area contributed by atoms with Crippen molar-refractivity contribution < 1.29 is 4.74 Å². The normalized spacial score (nSPS) is 30.3. The second-order valence-electron chi connectivity index (χ2n) is 7.55. The van der Waals surface area contributed by atoms with E-state index in [0.717, 1.165) is 31.0 Å². The van der Waals surface area contributed by atoms with Crippen molar-refractivity contribution in [2.24, 2.45) is 10.9 Å². The van der Waals surface area contributed by atoms with E-state index in [-0.39, 0.29) is 5.60 Å². The van der Waals surface area contributed by atoms with Crippen molar-refractivity contribution in [2.75, 3.05) is 26.2 Å². The maximum absolute atomic E-state index is 6.45. The molecule has 0 saturated carbocycles. The summed E-state index contributed by atoms with van der Waals surface area (Å²) in [5.41, 5.74) is 3.46. The van der Waals surface area contributed by atoms with Gasteiger partial charge >= 0.3 is 0 Å². The van der Waals surface area contributed by atoms with Crippen molar-refractivity contribution in [1.82, 2.24) is 9.88 Å². The highest BCUT2D eigenvalue weighted by atomic mass is 16.5. The van der Waals surface area contributed by atoms with Crippen LogP contribution in [0.15, 0.2) is 53.8 Å². The molecular formula is C21H23N3O. The Balaban J connectivity index is 1.32. The lowest BCUT2D eigenvalue weighted by Crippen LogP contribution is -2.60. The summed E-state index contributed by atoms with van der Waals surface area (Å²) < 4.78 is 6.45. The Hall–Kier alpha value is -2.20. The van der Waals surface area contributed by atoms with Crippen molar-refractivity contribution >= 4 is 5.90 Å². The van der Waals surface area contributed by atoms with Crippen LogP contribution in [0.3, 0.4) is 0 Å². The Morgan fingerprint density at radius 1 is 1.08 bits per heavy atom. The molecule has 1 spiro atoms. The monoisotopic (exact) mass is 333 g/mol. The summed E-state index contributed by atoms with van der Waals surface area (Å²) in [5.74, 6) is 1.56. The molecule has 0 unspecified atom stereocenters. The van der Waals surface area contributed by atoms with Crippen LogP contribution in [0.1, 0.15) is 18.4 Å². The van der Waals surface area contributed by atoms with E-state index in [1.54, 1.807) is 0 Å². The molecule has 5 heterocycles. The zero-order chi connectivity index (χ0) is 16.7. The molecule has 0 N–H and O–H groups in total. The quantitative estimate of drug-likeness (QED) is 0.866. The number of nitrogens with zero attached hydrogens (tertiary/aromatic N) is 3. The van der Waals surface area contributed by atoms with Gasteiger partial charge in [0.1, 0.15) is 5.60 Å². The van der Waals surface area contributed by atoms with Crippen LogP contribution in [-0.2, 0) is 11.2 Å². The zero-order valence-corrected chi connectivity index (χ0v) is 14.4. The fourth-order valence-corrected chi connectivity index (χ4v) is 4.58. The molecule has 0 amide bonds. The van der Waals surface area contributed by atoms with E-state index in [4.69, 9.17) is 9.73 Å². The molecule has 4 aliphatic rings. The number of piperidine rings is 3. The van der Waals surface area contributed by atoms with Crippen molar-refractivity contribution in [3.05, 3.63) is 54.4 Å². The van der Waals surface area contributed by atoms with Crippen molar-refractivity contribution in [1.29, 1.82) is 0 Å². The summed E-state index contributed by atoms with van der Waals surface area (Å²) in [4.78, 5) is 11.7. The fourth-order valence-electron chi connectivity index (χ4n) is 4.58. The lowest BCUT2D eigenvalue weighted by molar-refractivity contribution is -0.0837. The van der Waals surface area contributed by atoms with Gasteiger partial charge in [-0.3, -0.25) is 14.9 Å². The lowest BCUT2D eigenvalue weighted by Gasteiger charge is -2.50. The molecule has 25 heavy (non-hydrogen) atoms. The van der Waals surface area contributed by atoms with E-state index < -0.39 is 0 Å². The third kappa shape index (κ3) is 2.74. The van der Waals surface area contributed by atoms with E-state index in [9.17, 15) is 0 Å². The summed E-state index contributed by atoms with van der Waals surface area (Å²) in [6, 6.07) is 12.6. The first-order valence-corrected chi connectivity index (χ1v) is 9.25. The van der Waals surface area contributed by atoms with Gasteiger partial charge in [-0.05, 0) is 43.1 Å². The van der Waals surface area contributed by atoms with E-state index in [1.165, 1.54) is 37.1 Å². The number of aromatic nitrogens is 1. The van der Waals surface area contributed by atoms with Crippen LogP contribution in [0.4, 0.5) is 0 Å². The van der Waals surface area contributed by atoms with Gasteiger partial charge in [-0.1, -0.05) is 30.3 Å². The van der Waals surface area contributed by atoms with Gasteiger partial charge in [-0.25, -0.2) is 0 Å². The maximum atomic E-state index is 6.45. The number of hydrogen-bond donors (Lipinski definition) is 0. The summed E-state index contributed by atoms with van der Waals surface area (Å²) in [7, 11) is 0. The SMILES string of the molecule is c1ccc(-c2cncc(CC3=NC[C@@]4(CN5CCC4CC5)O3)c2)cc1. The molecule has 4 nitrogen and oxygen atoms in total. The zero-order valence-electron chi connectivity index (χ0n) is 14.4.